The van der Waals surface area contributed by atoms with Crippen LogP contribution in [0.25, 0.3) is 11.3 Å². The number of hydrogen-bond acceptors (Lipinski definition) is 5. The number of benzene rings is 2. The summed E-state index contributed by atoms with van der Waals surface area (Å²) in [7, 11) is 2.16. The summed E-state index contributed by atoms with van der Waals surface area (Å²) in [5.41, 5.74) is 5.57. The maximum absolute atomic E-state index is 4.89. The van der Waals surface area contributed by atoms with Gasteiger partial charge in [-0.15, -0.1) is 0 Å². The van der Waals surface area contributed by atoms with E-state index in [1.54, 1.807) is 0 Å². The summed E-state index contributed by atoms with van der Waals surface area (Å²) in [5.74, 6) is 1.62. The molecule has 1 N–H and O–H groups in total. The average Bonchev–Trinajstić information content (AvgIpc) is 2.68. The third-order valence-corrected chi connectivity index (χ3v) is 5.06. The minimum absolute atomic E-state index is 0.793. The van der Waals surface area contributed by atoms with Crippen molar-refractivity contribution in [3.63, 3.8) is 0 Å². The van der Waals surface area contributed by atoms with Gasteiger partial charge in [0.15, 0.2) is 0 Å². The molecule has 0 unspecified atom stereocenters. The highest BCUT2D eigenvalue weighted by Crippen LogP contribution is 2.26. The second kappa shape index (κ2) is 7.98. The molecule has 5 heteroatoms. The zero-order chi connectivity index (χ0) is 19.5. The van der Waals surface area contributed by atoms with E-state index in [2.05, 4.69) is 66.3 Å². The SMILES string of the molecule is Cc1cc(C)cc(Nc2cc(-c3ccccc3)nc(N3CCN(C)CC3)n2)c1. The molecule has 0 bridgehead atoms. The molecule has 3 aromatic rings. The Hall–Kier alpha value is -2.92. The van der Waals surface area contributed by atoms with Crippen LogP contribution in [0.3, 0.4) is 0 Å². The third kappa shape index (κ3) is 4.31. The van der Waals surface area contributed by atoms with Gasteiger partial charge in [0.05, 0.1) is 5.69 Å². The average molecular weight is 374 g/mol. The lowest BCUT2D eigenvalue weighted by atomic mass is 10.1. The maximum Gasteiger partial charge on any atom is 0.227 e. The van der Waals surface area contributed by atoms with Gasteiger partial charge < -0.3 is 15.1 Å². The fraction of sp³-hybridized carbons (Fsp3) is 0.304. The van der Waals surface area contributed by atoms with E-state index in [9.17, 15) is 0 Å². The lowest BCUT2D eigenvalue weighted by molar-refractivity contribution is 0.311. The summed E-state index contributed by atoms with van der Waals surface area (Å²) in [5, 5.41) is 3.50. The van der Waals surface area contributed by atoms with E-state index in [1.165, 1.54) is 11.1 Å². The van der Waals surface area contributed by atoms with Crippen molar-refractivity contribution < 1.29 is 0 Å². The summed E-state index contributed by atoms with van der Waals surface area (Å²) in [6, 6.07) is 18.8. The molecule has 28 heavy (non-hydrogen) atoms. The summed E-state index contributed by atoms with van der Waals surface area (Å²) in [6.45, 7) is 8.17. The molecule has 1 aliphatic rings. The van der Waals surface area contributed by atoms with Gasteiger partial charge in [-0.3, -0.25) is 0 Å². The first kappa shape index (κ1) is 18.4. The second-order valence-corrected chi connectivity index (χ2v) is 7.60. The standard InChI is InChI=1S/C23H27N5/c1-17-13-18(2)15-20(14-17)24-22-16-21(19-7-5-4-6-8-19)25-23(26-22)28-11-9-27(3)10-12-28/h4-8,13-16H,9-12H2,1-3H3,(H,24,25,26). The number of hydrogen-bond donors (Lipinski definition) is 1. The van der Waals surface area contributed by atoms with Crippen LogP contribution in [0.15, 0.2) is 54.6 Å². The normalized spacial score (nSPS) is 14.9. The second-order valence-electron chi connectivity index (χ2n) is 7.60. The maximum atomic E-state index is 4.89. The summed E-state index contributed by atoms with van der Waals surface area (Å²) >= 11 is 0. The Morgan fingerprint density at radius 1 is 0.821 bits per heavy atom. The van der Waals surface area contributed by atoms with E-state index in [4.69, 9.17) is 9.97 Å². The molecule has 144 valence electrons. The number of nitrogens with one attached hydrogen (secondary N) is 1. The predicted molar refractivity (Wildman–Crippen MR) is 116 cm³/mol. The van der Waals surface area contributed by atoms with Gasteiger partial charge in [0.2, 0.25) is 5.95 Å². The molecule has 4 rings (SSSR count). The monoisotopic (exact) mass is 373 g/mol. The molecule has 0 radical (unpaired) electrons. The molecule has 0 spiro atoms. The fourth-order valence-electron chi connectivity index (χ4n) is 3.60. The lowest BCUT2D eigenvalue weighted by Crippen LogP contribution is -2.45. The van der Waals surface area contributed by atoms with E-state index < -0.39 is 0 Å². The van der Waals surface area contributed by atoms with Crippen molar-refractivity contribution in [3.05, 3.63) is 65.7 Å². The van der Waals surface area contributed by atoms with Gasteiger partial charge in [-0.2, -0.15) is 4.98 Å². The van der Waals surface area contributed by atoms with Gasteiger partial charge >= 0.3 is 0 Å². The molecule has 0 saturated carbocycles. The Balaban J connectivity index is 1.71. The van der Waals surface area contributed by atoms with Crippen molar-refractivity contribution in [3.8, 4) is 11.3 Å². The molecule has 2 heterocycles. The number of likely N-dealkylation sites (N-methyl/N-ethyl adjacent to an activating group) is 1. The summed E-state index contributed by atoms with van der Waals surface area (Å²) in [6.07, 6.45) is 0. The topological polar surface area (TPSA) is 44.3 Å². The van der Waals surface area contributed by atoms with E-state index in [1.807, 2.05) is 24.3 Å². The number of aryl methyl sites for hydroxylation is 2. The zero-order valence-corrected chi connectivity index (χ0v) is 16.8. The lowest BCUT2D eigenvalue weighted by Gasteiger charge is -2.32. The number of anilines is 3. The summed E-state index contributed by atoms with van der Waals surface area (Å²) in [4.78, 5) is 14.3. The zero-order valence-electron chi connectivity index (χ0n) is 16.8. The molecule has 0 amide bonds. The van der Waals surface area contributed by atoms with Crippen LogP contribution in [-0.4, -0.2) is 48.1 Å². The number of nitrogens with zero attached hydrogens (tertiary/aromatic N) is 4. The van der Waals surface area contributed by atoms with Crippen LogP contribution in [0.2, 0.25) is 0 Å². The minimum Gasteiger partial charge on any atom is -0.340 e. The van der Waals surface area contributed by atoms with Crippen LogP contribution in [0.5, 0.6) is 0 Å². The molecule has 5 nitrogen and oxygen atoms in total. The van der Waals surface area contributed by atoms with Gasteiger partial charge in [0, 0.05) is 43.5 Å². The molecule has 1 fully saturated rings. The minimum atomic E-state index is 0.793. The first-order valence-electron chi connectivity index (χ1n) is 9.80. The number of aromatic nitrogens is 2. The first-order valence-corrected chi connectivity index (χ1v) is 9.80. The fourth-order valence-corrected chi connectivity index (χ4v) is 3.60. The van der Waals surface area contributed by atoms with Crippen LogP contribution in [0.4, 0.5) is 17.5 Å². The predicted octanol–water partition coefficient (Wildman–Crippen LogP) is 4.26. The molecular weight excluding hydrogens is 346 g/mol. The third-order valence-electron chi connectivity index (χ3n) is 5.06. The van der Waals surface area contributed by atoms with Crippen LogP contribution < -0.4 is 10.2 Å². The van der Waals surface area contributed by atoms with Gasteiger partial charge in [0.25, 0.3) is 0 Å². The highest BCUT2D eigenvalue weighted by Gasteiger charge is 2.18. The van der Waals surface area contributed by atoms with Crippen LogP contribution in [0, 0.1) is 13.8 Å². The van der Waals surface area contributed by atoms with E-state index >= 15 is 0 Å². The molecular formula is C23H27N5. The molecule has 1 aromatic heterocycles. The van der Waals surface area contributed by atoms with Crippen LogP contribution in [0.1, 0.15) is 11.1 Å². The van der Waals surface area contributed by atoms with Crippen molar-refractivity contribution >= 4 is 17.5 Å². The Morgan fingerprint density at radius 3 is 2.18 bits per heavy atom. The van der Waals surface area contributed by atoms with Crippen molar-refractivity contribution in [1.82, 2.24) is 14.9 Å². The van der Waals surface area contributed by atoms with Gasteiger partial charge in [-0.25, -0.2) is 4.98 Å². The van der Waals surface area contributed by atoms with Crippen molar-refractivity contribution in [2.24, 2.45) is 0 Å². The molecule has 2 aromatic carbocycles. The highest BCUT2D eigenvalue weighted by atomic mass is 15.3. The van der Waals surface area contributed by atoms with Gasteiger partial charge in [0.1, 0.15) is 5.82 Å². The van der Waals surface area contributed by atoms with Crippen molar-refractivity contribution in [2.45, 2.75) is 13.8 Å². The quantitative estimate of drug-likeness (QED) is 0.740. The smallest absolute Gasteiger partial charge is 0.227 e. The molecule has 1 saturated heterocycles. The van der Waals surface area contributed by atoms with E-state index in [-0.39, 0.29) is 0 Å². The molecule has 1 aliphatic heterocycles. The number of rotatable bonds is 4. The highest BCUT2D eigenvalue weighted by molar-refractivity contribution is 5.68. The Morgan fingerprint density at radius 2 is 1.50 bits per heavy atom. The van der Waals surface area contributed by atoms with E-state index in [0.717, 1.165) is 54.9 Å². The summed E-state index contributed by atoms with van der Waals surface area (Å²) < 4.78 is 0. The van der Waals surface area contributed by atoms with Crippen LogP contribution in [-0.2, 0) is 0 Å². The Kier molecular flexibility index (Phi) is 5.26. The van der Waals surface area contributed by atoms with Gasteiger partial charge in [-0.05, 0) is 44.2 Å². The molecule has 0 atom stereocenters. The largest absolute Gasteiger partial charge is 0.340 e. The van der Waals surface area contributed by atoms with Crippen molar-refractivity contribution in [2.75, 3.05) is 43.4 Å². The van der Waals surface area contributed by atoms with Crippen molar-refractivity contribution in [1.29, 1.82) is 0 Å². The Labute approximate surface area is 167 Å². The Bertz CT molecular complexity index is 926. The molecule has 0 aliphatic carbocycles. The van der Waals surface area contributed by atoms with E-state index in [0.29, 0.717) is 0 Å². The van der Waals surface area contributed by atoms with Gasteiger partial charge in [-0.1, -0.05) is 36.4 Å². The number of piperazine rings is 1. The first-order chi connectivity index (χ1) is 13.6. The van der Waals surface area contributed by atoms with Crippen LogP contribution >= 0.6 is 0 Å².